The van der Waals surface area contributed by atoms with Crippen molar-refractivity contribution in [3.05, 3.63) is 215 Å². The summed E-state index contributed by atoms with van der Waals surface area (Å²) in [4.78, 5) is 64.5. The zero-order chi connectivity index (χ0) is 59.5. The largest absolute Gasteiger partial charge is 0.423 e. The van der Waals surface area contributed by atoms with E-state index in [2.05, 4.69) is 58.5 Å². The maximum absolute atomic E-state index is 12.5. The number of carbonyl (C=O) groups is 3. The van der Waals surface area contributed by atoms with Crippen molar-refractivity contribution in [3.63, 3.8) is 0 Å². The van der Waals surface area contributed by atoms with Gasteiger partial charge < -0.3 is 14.2 Å². The number of nitrogens with zero attached hydrogens (tertiary/aromatic N) is 15. The Labute approximate surface area is 474 Å². The van der Waals surface area contributed by atoms with E-state index in [0.29, 0.717) is 0 Å². The summed E-state index contributed by atoms with van der Waals surface area (Å²) in [5.74, 6) is -2.45. The minimum atomic E-state index is -0.778. The Morgan fingerprint density at radius 3 is 0.988 bits per heavy atom. The predicted molar refractivity (Wildman–Crippen MR) is 301 cm³/mol. The number of benzene rings is 7. The number of nitriles is 6. The average Bonchev–Trinajstić information content (AvgIpc) is 1.76. The number of carbonyl (C=O) groups excluding carboxylic acids is 3. The van der Waals surface area contributed by atoms with E-state index < -0.39 is 17.9 Å². The molecule has 10 aromatic rings. The van der Waals surface area contributed by atoms with E-state index in [-0.39, 0.29) is 152 Å². The number of rotatable bonds is 12. The van der Waals surface area contributed by atoms with Crippen molar-refractivity contribution in [2.45, 2.75) is 0 Å². The van der Waals surface area contributed by atoms with Gasteiger partial charge >= 0.3 is 17.9 Å². The third kappa shape index (κ3) is 9.01. The maximum Gasteiger partial charge on any atom is 0.335 e. The van der Waals surface area contributed by atoms with Crippen molar-refractivity contribution in [1.82, 2.24) is 28.7 Å². The summed E-state index contributed by atoms with van der Waals surface area (Å²) >= 11 is 0. The zero-order valence-corrected chi connectivity index (χ0v) is 42.9. The smallest absolute Gasteiger partial charge is 0.335 e. The number of aromatic nitrogens is 6. The highest BCUT2D eigenvalue weighted by Gasteiger charge is 2.34. The molecule has 0 fully saturated rings. The molecule has 21 nitrogen and oxygen atoms in total. The molecule has 0 amide bonds. The normalized spacial score (nSPS) is 10.3. The van der Waals surface area contributed by atoms with Crippen molar-refractivity contribution in [3.8, 4) is 105 Å². The second-order valence-corrected chi connectivity index (χ2v) is 17.5. The molecule has 3 heterocycles. The number of fused-ring (bicyclic) bond motifs is 6. The maximum atomic E-state index is 12.5. The third-order valence-electron chi connectivity index (χ3n) is 12.9. The SMILES string of the molecule is [C-]#[N+]c1cc(C#N)c(-c2nc3c(c4nc(-c5c(C#N)cc(C#N)cc5[N+]#[C-])n(-c5ccc(OC(=O)C=C)cc5)c4c4nc(-c5c(C#N)cc(C#N)cc5[N+]#[C-])n(-c5ccc(OC(=O)C=C)cc5)c34)n2-c2ccc(OC(=O)C=C)cc2)c(C#N)c1. The van der Waals surface area contributed by atoms with Crippen LogP contribution in [-0.2, 0) is 14.4 Å². The Morgan fingerprint density at radius 2 is 0.726 bits per heavy atom. The molecule has 84 heavy (non-hydrogen) atoms. The van der Waals surface area contributed by atoms with Gasteiger partial charge in [-0.05, 0) is 109 Å². The van der Waals surface area contributed by atoms with Crippen LogP contribution >= 0.6 is 0 Å². The Kier molecular flexibility index (Phi) is 13.8. The van der Waals surface area contributed by atoms with Crippen LogP contribution in [0.25, 0.3) is 98.9 Å². The number of ether oxygens (including phenoxy) is 3. The second-order valence-electron chi connectivity index (χ2n) is 17.5. The second kappa shape index (κ2) is 21.8. The van der Waals surface area contributed by atoms with Gasteiger partial charge in [0.05, 0.1) is 83.9 Å². The van der Waals surface area contributed by atoms with Gasteiger partial charge in [0.2, 0.25) is 11.4 Å². The lowest BCUT2D eigenvalue weighted by Gasteiger charge is -2.14. The van der Waals surface area contributed by atoms with E-state index >= 15 is 0 Å². The summed E-state index contributed by atoms with van der Waals surface area (Å²) in [7, 11) is 0. The molecule has 0 spiro atoms. The quantitative estimate of drug-likeness (QED) is 0.0475. The van der Waals surface area contributed by atoms with E-state index in [1.54, 1.807) is 13.7 Å². The fourth-order valence-electron chi connectivity index (χ4n) is 9.45. The fourth-order valence-corrected chi connectivity index (χ4v) is 9.45. The lowest BCUT2D eigenvalue weighted by atomic mass is 10.00. The molecule has 0 saturated heterocycles. The Morgan fingerprint density at radius 1 is 0.429 bits per heavy atom. The van der Waals surface area contributed by atoms with E-state index in [4.69, 9.17) is 48.9 Å². The van der Waals surface area contributed by atoms with Gasteiger partial charge in [-0.25, -0.2) is 43.9 Å². The van der Waals surface area contributed by atoms with Crippen LogP contribution in [0, 0.1) is 87.7 Å². The van der Waals surface area contributed by atoms with Gasteiger partial charge in [0.1, 0.15) is 67.8 Å². The molecule has 21 heteroatoms. The molecule has 0 radical (unpaired) electrons. The summed E-state index contributed by atoms with van der Waals surface area (Å²) in [6.45, 7) is 35.2. The minimum Gasteiger partial charge on any atom is -0.423 e. The van der Waals surface area contributed by atoms with E-state index in [9.17, 15) is 46.0 Å². The molecule has 3 aromatic heterocycles. The van der Waals surface area contributed by atoms with Gasteiger partial charge in [-0.1, -0.05) is 19.7 Å². The van der Waals surface area contributed by atoms with Crippen LogP contribution in [-0.4, -0.2) is 46.6 Å². The summed E-state index contributed by atoms with van der Waals surface area (Å²) < 4.78 is 21.0. The minimum absolute atomic E-state index is 0.0106. The average molecular weight is 1090 g/mol. The zero-order valence-electron chi connectivity index (χ0n) is 42.9. The molecule has 7 aromatic carbocycles. The molecule has 390 valence electrons. The molecular weight excluding hydrogens is 1060 g/mol. The molecule has 0 saturated carbocycles. The van der Waals surface area contributed by atoms with Crippen molar-refractivity contribution in [2.75, 3.05) is 0 Å². The van der Waals surface area contributed by atoms with Crippen molar-refractivity contribution >= 4 is 68.1 Å². The first kappa shape index (κ1) is 53.4. The number of hydrogen-bond donors (Lipinski definition) is 0. The molecule has 0 aliphatic heterocycles. The van der Waals surface area contributed by atoms with Crippen LogP contribution in [0.1, 0.15) is 33.4 Å². The predicted octanol–water partition coefficient (Wildman–Crippen LogP) is 11.9. The van der Waals surface area contributed by atoms with Crippen molar-refractivity contribution < 1.29 is 28.6 Å². The van der Waals surface area contributed by atoms with Crippen LogP contribution in [0.2, 0.25) is 0 Å². The van der Waals surface area contributed by atoms with Crippen LogP contribution in [0.15, 0.2) is 147 Å². The van der Waals surface area contributed by atoms with E-state index in [1.165, 1.54) is 109 Å². The lowest BCUT2D eigenvalue weighted by Crippen LogP contribution is -2.04. The highest BCUT2D eigenvalue weighted by Crippen LogP contribution is 2.48. The summed E-state index contributed by atoms with van der Waals surface area (Å²) in [6, 6.07) is 38.1. The first-order valence-electron chi connectivity index (χ1n) is 24.1. The number of esters is 3. The first-order chi connectivity index (χ1) is 40.8. The fraction of sp³-hybridized carbons (Fsp3) is 0. The molecule has 0 aliphatic carbocycles. The standard InChI is InChI=1S/C63H27N15O6/c1-7-49(79)82-44-16-10-41(11-17-44)76-58-55(73-61(76)52-38(32-68)26-40(70-4)27-39(52)33-69)59-57(75-63(54-37(31-67)23-35(29-65)25-48(54)72-6)77(59)42-12-18-45(19-13-42)83-50(80)8-2)60-56(58)74-62(53-36(30-66)22-34(28-64)24-47(53)71-5)78(60)43-14-20-46(21-15-43)84-51(81)9-3/h7-27H,1-3H2. The molecule has 0 N–H and O–H groups in total. The molecular formula is C63H27N15O6. The highest BCUT2D eigenvalue weighted by atomic mass is 16.5. The Hall–Kier alpha value is -14.0. The van der Waals surface area contributed by atoms with Gasteiger partial charge in [0.25, 0.3) is 0 Å². The van der Waals surface area contributed by atoms with Crippen LogP contribution in [0.5, 0.6) is 17.2 Å². The van der Waals surface area contributed by atoms with Crippen molar-refractivity contribution in [2.24, 2.45) is 0 Å². The lowest BCUT2D eigenvalue weighted by molar-refractivity contribution is -0.129. The highest BCUT2D eigenvalue weighted by molar-refractivity contribution is 6.23. The number of imidazole rings is 3. The van der Waals surface area contributed by atoms with Gasteiger partial charge in [0.15, 0.2) is 5.69 Å². The van der Waals surface area contributed by atoms with Gasteiger partial charge in [0, 0.05) is 57.5 Å². The monoisotopic (exact) mass is 1090 g/mol. The van der Waals surface area contributed by atoms with Gasteiger partial charge in [-0.2, -0.15) is 31.6 Å². The Bertz CT molecular complexity index is 4400. The number of hydrogen-bond acceptors (Lipinski definition) is 15. The molecule has 0 aliphatic rings. The molecule has 0 bridgehead atoms. The molecule has 10 rings (SSSR count). The molecule has 0 atom stereocenters. The van der Waals surface area contributed by atoms with Crippen LogP contribution < -0.4 is 14.2 Å². The summed E-state index contributed by atoms with van der Waals surface area (Å²) in [5.41, 5.74) is -0.539. The molecule has 0 unspecified atom stereocenters. The van der Waals surface area contributed by atoms with E-state index in [1.807, 2.05) is 12.1 Å². The van der Waals surface area contributed by atoms with Gasteiger partial charge in [-0.3, -0.25) is 13.7 Å². The van der Waals surface area contributed by atoms with Crippen molar-refractivity contribution in [1.29, 1.82) is 31.6 Å². The Balaban J connectivity index is 1.55. The van der Waals surface area contributed by atoms with Crippen LogP contribution in [0.3, 0.4) is 0 Å². The summed E-state index contributed by atoms with van der Waals surface area (Å²) in [5, 5.41) is 63.9. The topological polar surface area (TPSA) is 288 Å². The van der Waals surface area contributed by atoms with E-state index in [0.717, 1.165) is 18.2 Å². The van der Waals surface area contributed by atoms with Crippen LogP contribution in [0.4, 0.5) is 17.1 Å². The first-order valence-corrected chi connectivity index (χ1v) is 24.1. The summed E-state index contributed by atoms with van der Waals surface area (Å²) in [6.07, 6.45) is 2.90. The van der Waals surface area contributed by atoms with Gasteiger partial charge in [-0.15, -0.1) is 0 Å². The third-order valence-corrected chi connectivity index (χ3v) is 12.9.